The highest BCUT2D eigenvalue weighted by Crippen LogP contribution is 2.39. The summed E-state index contributed by atoms with van der Waals surface area (Å²) in [7, 11) is 0. The SMILES string of the molecule is OC(c1cc(Br)cc(Br)c1)c1cc(Br)cc2c1OCC2. The molecule has 0 fully saturated rings. The van der Waals surface area contributed by atoms with Gasteiger partial charge in [0.25, 0.3) is 0 Å². The number of fused-ring (bicyclic) bond motifs is 1. The van der Waals surface area contributed by atoms with Crippen molar-refractivity contribution in [2.45, 2.75) is 12.5 Å². The minimum Gasteiger partial charge on any atom is -0.493 e. The maximum absolute atomic E-state index is 10.7. The molecule has 0 aromatic heterocycles. The molecule has 1 N–H and O–H groups in total. The van der Waals surface area contributed by atoms with Crippen LogP contribution in [0, 0.1) is 0 Å². The molecule has 1 aliphatic rings. The Labute approximate surface area is 142 Å². The molecule has 0 aliphatic carbocycles. The zero-order valence-electron chi connectivity index (χ0n) is 10.4. The number of halogens is 3. The molecular weight excluding hydrogens is 452 g/mol. The minimum absolute atomic E-state index is 0.674. The quantitative estimate of drug-likeness (QED) is 0.681. The summed E-state index contributed by atoms with van der Waals surface area (Å²) in [4.78, 5) is 0. The van der Waals surface area contributed by atoms with E-state index in [4.69, 9.17) is 4.74 Å². The fourth-order valence-electron chi connectivity index (χ4n) is 2.41. The third-order valence-corrected chi connectivity index (χ3v) is 4.65. The second-order valence-electron chi connectivity index (χ2n) is 4.69. The maximum Gasteiger partial charge on any atom is 0.128 e. The first-order valence-electron chi connectivity index (χ1n) is 6.14. The van der Waals surface area contributed by atoms with E-state index in [2.05, 4.69) is 53.9 Å². The van der Waals surface area contributed by atoms with Crippen LogP contribution in [-0.4, -0.2) is 11.7 Å². The van der Waals surface area contributed by atoms with Gasteiger partial charge in [-0.3, -0.25) is 0 Å². The van der Waals surface area contributed by atoms with Crippen LogP contribution in [0.3, 0.4) is 0 Å². The molecule has 0 radical (unpaired) electrons. The molecule has 1 aliphatic heterocycles. The van der Waals surface area contributed by atoms with Crippen LogP contribution in [0.5, 0.6) is 5.75 Å². The molecule has 5 heteroatoms. The lowest BCUT2D eigenvalue weighted by Gasteiger charge is -2.16. The average Bonchev–Trinajstić information content (AvgIpc) is 2.83. The monoisotopic (exact) mass is 460 g/mol. The zero-order valence-corrected chi connectivity index (χ0v) is 15.1. The Hall–Kier alpha value is -0.360. The highest BCUT2D eigenvalue weighted by molar-refractivity contribution is 9.11. The number of hydrogen-bond donors (Lipinski definition) is 1. The van der Waals surface area contributed by atoms with E-state index < -0.39 is 6.10 Å². The van der Waals surface area contributed by atoms with Gasteiger partial charge in [0.05, 0.1) is 6.61 Å². The van der Waals surface area contributed by atoms with Crippen molar-refractivity contribution in [1.82, 2.24) is 0 Å². The maximum atomic E-state index is 10.7. The van der Waals surface area contributed by atoms with Gasteiger partial charge in [0.2, 0.25) is 0 Å². The zero-order chi connectivity index (χ0) is 14.3. The van der Waals surface area contributed by atoms with Gasteiger partial charge in [0, 0.05) is 25.4 Å². The van der Waals surface area contributed by atoms with Gasteiger partial charge in [-0.25, -0.2) is 0 Å². The Morgan fingerprint density at radius 1 is 0.950 bits per heavy atom. The van der Waals surface area contributed by atoms with E-state index in [0.717, 1.165) is 42.3 Å². The van der Waals surface area contributed by atoms with Gasteiger partial charge in [-0.2, -0.15) is 0 Å². The molecule has 3 rings (SSSR count). The topological polar surface area (TPSA) is 29.5 Å². The largest absolute Gasteiger partial charge is 0.493 e. The van der Waals surface area contributed by atoms with E-state index in [1.807, 2.05) is 24.3 Å². The Bertz CT molecular complexity index is 650. The fourth-order valence-corrected chi connectivity index (χ4v) is 4.27. The smallest absolute Gasteiger partial charge is 0.128 e. The van der Waals surface area contributed by atoms with Crippen LogP contribution >= 0.6 is 47.8 Å². The first kappa shape index (κ1) is 14.6. The van der Waals surface area contributed by atoms with E-state index in [1.54, 1.807) is 0 Å². The third kappa shape index (κ3) is 2.82. The highest BCUT2D eigenvalue weighted by Gasteiger charge is 2.23. The summed E-state index contributed by atoms with van der Waals surface area (Å²) in [5, 5.41) is 10.7. The molecule has 0 saturated heterocycles. The van der Waals surface area contributed by atoms with Gasteiger partial charge in [-0.15, -0.1) is 0 Å². The lowest BCUT2D eigenvalue weighted by atomic mass is 9.98. The molecule has 2 aromatic carbocycles. The second kappa shape index (κ2) is 5.79. The molecule has 0 bridgehead atoms. The molecule has 1 unspecified atom stereocenters. The summed E-state index contributed by atoms with van der Waals surface area (Å²) in [6.45, 7) is 0.674. The van der Waals surface area contributed by atoms with Gasteiger partial charge in [-0.05, 0) is 41.5 Å². The number of rotatable bonds is 2. The van der Waals surface area contributed by atoms with Crippen LogP contribution in [0.1, 0.15) is 22.8 Å². The first-order chi connectivity index (χ1) is 9.54. The standard InChI is InChI=1S/C15H11Br3O2/c16-10-4-9(5-11(17)6-10)14(19)13-7-12(18)3-8-1-2-20-15(8)13/h3-7,14,19H,1-2H2. The molecule has 2 aromatic rings. The van der Waals surface area contributed by atoms with Gasteiger partial charge in [-0.1, -0.05) is 47.8 Å². The molecule has 1 heterocycles. The molecule has 2 nitrogen and oxygen atoms in total. The molecule has 1 atom stereocenters. The molecular formula is C15H11Br3O2. The average molecular weight is 463 g/mol. The van der Waals surface area contributed by atoms with Crippen molar-refractivity contribution in [2.75, 3.05) is 6.61 Å². The van der Waals surface area contributed by atoms with Crippen molar-refractivity contribution in [3.63, 3.8) is 0 Å². The van der Waals surface area contributed by atoms with Crippen LogP contribution in [0.4, 0.5) is 0 Å². The molecule has 104 valence electrons. The number of ether oxygens (including phenoxy) is 1. The van der Waals surface area contributed by atoms with Crippen LogP contribution in [0.15, 0.2) is 43.7 Å². The number of benzene rings is 2. The summed E-state index contributed by atoms with van der Waals surface area (Å²) in [6, 6.07) is 9.74. The van der Waals surface area contributed by atoms with E-state index in [9.17, 15) is 5.11 Å². The van der Waals surface area contributed by atoms with Crippen LogP contribution in [0.25, 0.3) is 0 Å². The van der Waals surface area contributed by atoms with E-state index in [1.165, 1.54) is 0 Å². The van der Waals surface area contributed by atoms with Crippen molar-refractivity contribution in [3.8, 4) is 5.75 Å². The molecule has 20 heavy (non-hydrogen) atoms. The fraction of sp³-hybridized carbons (Fsp3) is 0.200. The van der Waals surface area contributed by atoms with Crippen LogP contribution in [-0.2, 0) is 6.42 Å². The number of aliphatic hydroxyl groups excluding tert-OH is 1. The van der Waals surface area contributed by atoms with Crippen LogP contribution < -0.4 is 4.74 Å². The first-order valence-corrected chi connectivity index (χ1v) is 8.51. The Morgan fingerprint density at radius 3 is 2.30 bits per heavy atom. The Kier molecular flexibility index (Phi) is 4.22. The summed E-state index contributed by atoms with van der Waals surface area (Å²) in [5.74, 6) is 0.816. The van der Waals surface area contributed by atoms with E-state index in [0.29, 0.717) is 6.61 Å². The van der Waals surface area contributed by atoms with Crippen molar-refractivity contribution < 1.29 is 9.84 Å². The summed E-state index contributed by atoms with van der Waals surface area (Å²) in [5.41, 5.74) is 2.77. The second-order valence-corrected chi connectivity index (χ2v) is 7.43. The van der Waals surface area contributed by atoms with Crippen molar-refractivity contribution in [2.24, 2.45) is 0 Å². The normalized spacial score (nSPS) is 14.8. The molecule has 0 spiro atoms. The lowest BCUT2D eigenvalue weighted by Crippen LogP contribution is -2.02. The Balaban J connectivity index is 2.08. The van der Waals surface area contributed by atoms with Gasteiger partial charge in [0.15, 0.2) is 0 Å². The van der Waals surface area contributed by atoms with Crippen LogP contribution in [0.2, 0.25) is 0 Å². The highest BCUT2D eigenvalue weighted by atomic mass is 79.9. The minimum atomic E-state index is -0.715. The van der Waals surface area contributed by atoms with Crippen molar-refractivity contribution >= 4 is 47.8 Å². The van der Waals surface area contributed by atoms with Crippen molar-refractivity contribution in [1.29, 1.82) is 0 Å². The van der Waals surface area contributed by atoms with E-state index >= 15 is 0 Å². The molecule has 0 saturated carbocycles. The molecule has 0 amide bonds. The van der Waals surface area contributed by atoms with Gasteiger partial charge in [0.1, 0.15) is 11.9 Å². The summed E-state index contributed by atoms with van der Waals surface area (Å²) < 4.78 is 8.50. The Morgan fingerprint density at radius 2 is 1.60 bits per heavy atom. The predicted molar refractivity (Wildman–Crippen MR) is 89.2 cm³/mol. The third-order valence-electron chi connectivity index (χ3n) is 3.27. The lowest BCUT2D eigenvalue weighted by molar-refractivity contribution is 0.213. The predicted octanol–water partition coefficient (Wildman–Crippen LogP) is 4.99. The number of aliphatic hydroxyl groups is 1. The van der Waals surface area contributed by atoms with E-state index in [-0.39, 0.29) is 0 Å². The summed E-state index contributed by atoms with van der Waals surface area (Å²) in [6.07, 6.45) is 0.171. The summed E-state index contributed by atoms with van der Waals surface area (Å²) >= 11 is 10.4. The van der Waals surface area contributed by atoms with Gasteiger partial charge >= 0.3 is 0 Å². The van der Waals surface area contributed by atoms with Crippen molar-refractivity contribution in [3.05, 3.63) is 60.4 Å². The van der Waals surface area contributed by atoms with Gasteiger partial charge < -0.3 is 9.84 Å². The number of hydrogen-bond acceptors (Lipinski definition) is 2.